The van der Waals surface area contributed by atoms with Gasteiger partial charge in [0.05, 0.1) is 18.4 Å². The van der Waals surface area contributed by atoms with E-state index in [1.807, 2.05) is 0 Å². The summed E-state index contributed by atoms with van der Waals surface area (Å²) >= 11 is 0. The molecule has 0 aromatic carbocycles. The second-order valence-electron chi connectivity index (χ2n) is 3.95. The number of hydrogen-bond acceptors (Lipinski definition) is 3. The zero-order valence-corrected chi connectivity index (χ0v) is 8.16. The van der Waals surface area contributed by atoms with E-state index in [2.05, 4.69) is 12.1 Å². The second kappa shape index (κ2) is 4.09. The third kappa shape index (κ3) is 2.44. The van der Waals surface area contributed by atoms with Crippen LogP contribution in [0.25, 0.3) is 0 Å². The minimum Gasteiger partial charge on any atom is -0.393 e. The molecule has 3 heteroatoms. The Bertz CT molecular complexity index is 199. The highest BCUT2D eigenvalue weighted by molar-refractivity contribution is 5.84. The maximum atomic E-state index is 5.42. The average Bonchev–Trinajstić information content (AvgIpc) is 2.01. The summed E-state index contributed by atoms with van der Waals surface area (Å²) in [6, 6.07) is 0. The van der Waals surface area contributed by atoms with Crippen molar-refractivity contribution in [3.05, 3.63) is 0 Å². The van der Waals surface area contributed by atoms with Gasteiger partial charge in [-0.1, -0.05) is 5.16 Å². The van der Waals surface area contributed by atoms with Gasteiger partial charge < -0.3 is 9.57 Å². The van der Waals surface area contributed by atoms with Crippen LogP contribution in [-0.4, -0.2) is 24.5 Å². The van der Waals surface area contributed by atoms with Crippen LogP contribution < -0.4 is 0 Å². The molecule has 1 aliphatic carbocycles. The molecule has 1 unspecified atom stereocenters. The van der Waals surface area contributed by atoms with Crippen LogP contribution in [0, 0.1) is 0 Å². The highest BCUT2D eigenvalue weighted by atomic mass is 16.6. The maximum Gasteiger partial charge on any atom is 0.127 e. The molecule has 2 aliphatic rings. The minimum atomic E-state index is 0.317. The van der Waals surface area contributed by atoms with Crippen molar-refractivity contribution in [2.24, 2.45) is 5.16 Å². The van der Waals surface area contributed by atoms with Gasteiger partial charge in [0.2, 0.25) is 0 Å². The molecule has 2 fully saturated rings. The Balaban J connectivity index is 1.77. The Hall–Kier alpha value is -0.570. The van der Waals surface area contributed by atoms with Crippen molar-refractivity contribution in [2.75, 3.05) is 6.61 Å². The van der Waals surface area contributed by atoms with Gasteiger partial charge in [-0.3, -0.25) is 0 Å². The van der Waals surface area contributed by atoms with Gasteiger partial charge in [-0.25, -0.2) is 0 Å². The molecule has 74 valence electrons. The molecule has 1 heterocycles. The van der Waals surface area contributed by atoms with Crippen molar-refractivity contribution >= 4 is 5.71 Å². The Morgan fingerprint density at radius 3 is 2.92 bits per heavy atom. The summed E-state index contributed by atoms with van der Waals surface area (Å²) in [6.07, 6.45) is 6.27. The number of ether oxygens (including phenoxy) is 1. The summed E-state index contributed by atoms with van der Waals surface area (Å²) < 4.78 is 5.42. The zero-order chi connectivity index (χ0) is 9.10. The molecule has 1 atom stereocenters. The van der Waals surface area contributed by atoms with Gasteiger partial charge in [0.1, 0.15) is 6.10 Å². The predicted octanol–water partition coefficient (Wildman–Crippen LogP) is 2.11. The quantitative estimate of drug-likeness (QED) is 0.614. The molecule has 13 heavy (non-hydrogen) atoms. The van der Waals surface area contributed by atoms with Gasteiger partial charge in [-0.15, -0.1) is 0 Å². The third-order valence-electron chi connectivity index (χ3n) is 2.70. The summed E-state index contributed by atoms with van der Waals surface area (Å²) in [5.74, 6) is 0. The van der Waals surface area contributed by atoms with Crippen molar-refractivity contribution in [3.8, 4) is 0 Å². The summed E-state index contributed by atoms with van der Waals surface area (Å²) in [7, 11) is 0. The third-order valence-corrected chi connectivity index (χ3v) is 2.70. The lowest BCUT2D eigenvalue weighted by atomic mass is 9.97. The molecule has 0 aromatic rings. The van der Waals surface area contributed by atoms with E-state index in [0.29, 0.717) is 12.2 Å². The summed E-state index contributed by atoms with van der Waals surface area (Å²) in [4.78, 5) is 5.40. The standard InChI is InChI=1S/C10H17NO2/c1-8-7-9(5-6-12-8)11-13-10-3-2-4-10/h8,10H,2-7H2,1H3/b11-9-. The fourth-order valence-electron chi connectivity index (χ4n) is 1.58. The van der Waals surface area contributed by atoms with E-state index in [-0.39, 0.29) is 0 Å². The topological polar surface area (TPSA) is 30.8 Å². The lowest BCUT2D eigenvalue weighted by molar-refractivity contribution is 0.00149. The molecule has 0 amide bonds. The molecule has 0 radical (unpaired) electrons. The Morgan fingerprint density at radius 2 is 2.31 bits per heavy atom. The van der Waals surface area contributed by atoms with E-state index in [4.69, 9.17) is 9.57 Å². The van der Waals surface area contributed by atoms with Crippen LogP contribution in [0.15, 0.2) is 5.16 Å². The molecule has 0 spiro atoms. The van der Waals surface area contributed by atoms with Gasteiger partial charge >= 0.3 is 0 Å². The largest absolute Gasteiger partial charge is 0.393 e. The van der Waals surface area contributed by atoms with Crippen LogP contribution in [0.2, 0.25) is 0 Å². The van der Waals surface area contributed by atoms with Crippen molar-refractivity contribution in [3.63, 3.8) is 0 Å². The predicted molar refractivity (Wildman–Crippen MR) is 50.8 cm³/mol. The first-order chi connectivity index (χ1) is 6.34. The first-order valence-electron chi connectivity index (χ1n) is 5.18. The van der Waals surface area contributed by atoms with Crippen LogP contribution in [0.1, 0.15) is 39.0 Å². The highest BCUT2D eigenvalue weighted by Crippen LogP contribution is 2.22. The van der Waals surface area contributed by atoms with Gasteiger partial charge in [-0.05, 0) is 26.2 Å². The molecule has 3 nitrogen and oxygen atoms in total. The average molecular weight is 183 g/mol. The maximum absolute atomic E-state index is 5.42. The molecule has 0 aromatic heterocycles. The molecule has 1 saturated heterocycles. The molecule has 2 rings (SSSR count). The normalized spacial score (nSPS) is 33.0. The SMILES string of the molecule is CC1C/C(=N\OC2CCC2)CCO1. The Kier molecular flexibility index (Phi) is 2.83. The van der Waals surface area contributed by atoms with Crippen molar-refractivity contribution < 1.29 is 9.57 Å². The van der Waals surface area contributed by atoms with E-state index < -0.39 is 0 Å². The Labute approximate surface area is 79.1 Å². The lowest BCUT2D eigenvalue weighted by Gasteiger charge is -2.25. The van der Waals surface area contributed by atoms with Crippen LogP contribution in [0.4, 0.5) is 0 Å². The fraction of sp³-hybridized carbons (Fsp3) is 0.900. The number of nitrogens with zero attached hydrogens (tertiary/aromatic N) is 1. The van der Waals surface area contributed by atoms with Gasteiger partial charge in [0.15, 0.2) is 0 Å². The first kappa shape index (κ1) is 9.00. The fourth-order valence-corrected chi connectivity index (χ4v) is 1.58. The van der Waals surface area contributed by atoms with Crippen LogP contribution >= 0.6 is 0 Å². The molecule has 0 bridgehead atoms. The number of rotatable bonds is 2. The molecular formula is C10H17NO2. The monoisotopic (exact) mass is 183 g/mol. The van der Waals surface area contributed by atoms with E-state index >= 15 is 0 Å². The van der Waals surface area contributed by atoms with Crippen LogP contribution in [0.5, 0.6) is 0 Å². The number of oxime groups is 1. The van der Waals surface area contributed by atoms with Crippen molar-refractivity contribution in [2.45, 2.75) is 51.2 Å². The molecule has 1 saturated carbocycles. The number of hydrogen-bond donors (Lipinski definition) is 0. The zero-order valence-electron chi connectivity index (χ0n) is 8.16. The van der Waals surface area contributed by atoms with Crippen molar-refractivity contribution in [1.82, 2.24) is 0 Å². The van der Waals surface area contributed by atoms with E-state index in [9.17, 15) is 0 Å². The van der Waals surface area contributed by atoms with Gasteiger partial charge in [-0.2, -0.15) is 0 Å². The molecular weight excluding hydrogens is 166 g/mol. The first-order valence-corrected chi connectivity index (χ1v) is 5.18. The smallest absolute Gasteiger partial charge is 0.127 e. The summed E-state index contributed by atoms with van der Waals surface area (Å²) in [5.41, 5.74) is 1.17. The lowest BCUT2D eigenvalue weighted by Crippen LogP contribution is -2.25. The summed E-state index contributed by atoms with van der Waals surface area (Å²) in [6.45, 7) is 2.88. The summed E-state index contributed by atoms with van der Waals surface area (Å²) in [5, 5.41) is 4.19. The van der Waals surface area contributed by atoms with E-state index in [1.165, 1.54) is 25.0 Å². The second-order valence-corrected chi connectivity index (χ2v) is 3.95. The Morgan fingerprint density at radius 1 is 1.46 bits per heavy atom. The van der Waals surface area contributed by atoms with Crippen LogP contribution in [0.3, 0.4) is 0 Å². The van der Waals surface area contributed by atoms with E-state index in [0.717, 1.165) is 19.4 Å². The molecule has 1 aliphatic heterocycles. The molecule has 0 N–H and O–H groups in total. The van der Waals surface area contributed by atoms with Gasteiger partial charge in [0, 0.05) is 12.8 Å². The van der Waals surface area contributed by atoms with Crippen LogP contribution in [-0.2, 0) is 9.57 Å². The van der Waals surface area contributed by atoms with Gasteiger partial charge in [0.25, 0.3) is 0 Å². The van der Waals surface area contributed by atoms with E-state index in [1.54, 1.807) is 0 Å². The highest BCUT2D eigenvalue weighted by Gasteiger charge is 2.20. The minimum absolute atomic E-state index is 0.317. The van der Waals surface area contributed by atoms with Crippen molar-refractivity contribution in [1.29, 1.82) is 0 Å².